The van der Waals surface area contributed by atoms with Gasteiger partial charge in [0.05, 0.1) is 21.1 Å². The zero-order chi connectivity index (χ0) is 13.9. The van der Waals surface area contributed by atoms with Crippen LogP contribution in [0, 0.1) is 0 Å². The van der Waals surface area contributed by atoms with Gasteiger partial charge >= 0.3 is 0 Å². The van der Waals surface area contributed by atoms with Crippen LogP contribution < -0.4 is 5.11 Å². The number of likely N-dealkylation sites (N-methyl/N-ethyl adjacent to an activating group) is 1. The van der Waals surface area contributed by atoms with Crippen molar-refractivity contribution in [3.63, 3.8) is 0 Å². The summed E-state index contributed by atoms with van der Waals surface area (Å²) in [5.41, 5.74) is 0. The minimum atomic E-state index is -0.925. The number of nitrogens with zero attached hydrogens (tertiary/aromatic N) is 1. The van der Waals surface area contributed by atoms with E-state index >= 15 is 0 Å². The number of carboxylic acids is 1. The van der Waals surface area contributed by atoms with E-state index in [2.05, 4.69) is 28.1 Å². The van der Waals surface area contributed by atoms with E-state index in [0.29, 0.717) is 0 Å². The van der Waals surface area contributed by atoms with Crippen molar-refractivity contribution in [3.05, 3.63) is 0 Å². The molecular formula is C13H29NO3. The largest absolute Gasteiger partial charge is 0.550 e. The van der Waals surface area contributed by atoms with Gasteiger partial charge in [-0.15, -0.1) is 0 Å². The third-order valence-electron chi connectivity index (χ3n) is 2.05. The standard InChI is InChI=1S/C7H14O2.C6H16NO/c1-2-3-4-5-6-7(8)9;1-6(8)5-7(2,3)4/h2-6H2,1H3,(H,8,9);6,8H,5H2,1-4H3/q;+1/p-1. The molecule has 4 heteroatoms. The van der Waals surface area contributed by atoms with Crippen molar-refractivity contribution < 1.29 is 19.5 Å². The first-order valence-corrected chi connectivity index (χ1v) is 6.37. The summed E-state index contributed by atoms with van der Waals surface area (Å²) < 4.78 is 0.831. The van der Waals surface area contributed by atoms with Gasteiger partial charge in [0.15, 0.2) is 0 Å². The van der Waals surface area contributed by atoms with E-state index in [1.54, 1.807) is 0 Å². The molecule has 17 heavy (non-hydrogen) atoms. The smallest absolute Gasteiger partial charge is 0.104 e. The number of quaternary nitrogens is 1. The molecule has 0 aromatic rings. The summed E-state index contributed by atoms with van der Waals surface area (Å²) >= 11 is 0. The SMILES string of the molecule is CC(O)C[N+](C)(C)C.CCCCCCC(=O)[O-]. The van der Waals surface area contributed by atoms with E-state index in [4.69, 9.17) is 5.11 Å². The van der Waals surface area contributed by atoms with Gasteiger partial charge in [-0.05, 0) is 19.8 Å². The quantitative estimate of drug-likeness (QED) is 0.534. The molecule has 0 spiro atoms. The lowest BCUT2D eigenvalue weighted by molar-refractivity contribution is -0.873. The van der Waals surface area contributed by atoms with Crippen LogP contribution in [0.5, 0.6) is 0 Å². The zero-order valence-corrected chi connectivity index (χ0v) is 12.0. The second-order valence-electron chi connectivity index (χ2n) is 5.50. The van der Waals surface area contributed by atoms with Crippen LogP contribution in [-0.4, -0.2) is 49.4 Å². The lowest BCUT2D eigenvalue weighted by Crippen LogP contribution is -2.40. The molecule has 1 unspecified atom stereocenters. The van der Waals surface area contributed by atoms with Crippen molar-refractivity contribution in [2.45, 2.75) is 52.1 Å². The lowest BCUT2D eigenvalue weighted by Gasteiger charge is -2.24. The fraction of sp³-hybridized carbons (Fsp3) is 0.923. The van der Waals surface area contributed by atoms with Gasteiger partial charge in [-0.25, -0.2) is 0 Å². The van der Waals surface area contributed by atoms with Gasteiger partial charge in [-0.3, -0.25) is 0 Å². The number of aliphatic hydroxyl groups is 1. The van der Waals surface area contributed by atoms with E-state index in [9.17, 15) is 9.90 Å². The molecule has 4 nitrogen and oxygen atoms in total. The monoisotopic (exact) mass is 247 g/mol. The van der Waals surface area contributed by atoms with Gasteiger partial charge in [0, 0.05) is 5.97 Å². The molecule has 0 rings (SSSR count). The Bertz CT molecular complexity index is 186. The number of aliphatic hydroxyl groups excluding tert-OH is 1. The van der Waals surface area contributed by atoms with Crippen molar-refractivity contribution in [2.75, 3.05) is 27.7 Å². The Morgan fingerprint density at radius 1 is 1.24 bits per heavy atom. The van der Waals surface area contributed by atoms with Crippen LogP contribution in [0.25, 0.3) is 0 Å². The van der Waals surface area contributed by atoms with E-state index in [1.807, 2.05) is 6.92 Å². The maximum absolute atomic E-state index is 9.85. The van der Waals surface area contributed by atoms with Gasteiger partial charge in [0.1, 0.15) is 12.6 Å². The molecule has 0 radical (unpaired) electrons. The van der Waals surface area contributed by atoms with Crippen LogP contribution >= 0.6 is 0 Å². The van der Waals surface area contributed by atoms with Crippen molar-refractivity contribution in [3.8, 4) is 0 Å². The van der Waals surface area contributed by atoms with Crippen molar-refractivity contribution in [1.82, 2.24) is 0 Å². The Balaban J connectivity index is 0. The number of aliphatic carboxylic acids is 1. The number of hydrogen-bond acceptors (Lipinski definition) is 3. The molecule has 1 atom stereocenters. The summed E-state index contributed by atoms with van der Waals surface area (Å²) in [5.74, 6) is -0.925. The summed E-state index contributed by atoms with van der Waals surface area (Å²) in [5, 5.41) is 18.7. The molecule has 0 aliphatic rings. The maximum Gasteiger partial charge on any atom is 0.104 e. The minimum absolute atomic E-state index is 0.185. The van der Waals surface area contributed by atoms with Crippen LogP contribution in [0.4, 0.5) is 0 Å². The van der Waals surface area contributed by atoms with Crippen LogP contribution in [0.1, 0.15) is 46.0 Å². The van der Waals surface area contributed by atoms with Gasteiger partial charge in [0.25, 0.3) is 0 Å². The maximum atomic E-state index is 9.85. The molecule has 0 aliphatic carbocycles. The highest BCUT2D eigenvalue weighted by molar-refractivity contribution is 5.63. The summed E-state index contributed by atoms with van der Waals surface area (Å²) in [6.07, 6.45) is 4.11. The van der Waals surface area contributed by atoms with Crippen LogP contribution in [0.2, 0.25) is 0 Å². The first-order valence-electron chi connectivity index (χ1n) is 6.37. The summed E-state index contributed by atoms with van der Waals surface area (Å²) in [7, 11) is 6.19. The van der Waals surface area contributed by atoms with E-state index in [0.717, 1.165) is 36.7 Å². The Hall–Kier alpha value is -0.610. The fourth-order valence-electron chi connectivity index (χ4n) is 1.49. The average Bonchev–Trinajstić information content (AvgIpc) is 2.09. The number of carbonyl (C=O) groups is 1. The van der Waals surface area contributed by atoms with Gasteiger partial charge < -0.3 is 19.5 Å². The number of carbonyl (C=O) groups excluding carboxylic acids is 1. The summed E-state index contributed by atoms with van der Waals surface area (Å²) in [6, 6.07) is 0. The highest BCUT2D eigenvalue weighted by Gasteiger charge is 2.09. The topological polar surface area (TPSA) is 60.4 Å². The third-order valence-corrected chi connectivity index (χ3v) is 2.05. The zero-order valence-electron chi connectivity index (χ0n) is 12.0. The van der Waals surface area contributed by atoms with Crippen molar-refractivity contribution in [1.29, 1.82) is 0 Å². The Labute approximate surface area is 106 Å². The van der Waals surface area contributed by atoms with E-state index in [1.165, 1.54) is 0 Å². The molecule has 0 aromatic heterocycles. The second-order valence-corrected chi connectivity index (χ2v) is 5.50. The molecule has 0 amide bonds. The molecule has 0 saturated heterocycles. The third kappa shape index (κ3) is 25.6. The number of rotatable bonds is 7. The van der Waals surface area contributed by atoms with Crippen LogP contribution in [-0.2, 0) is 4.79 Å². The van der Waals surface area contributed by atoms with E-state index in [-0.39, 0.29) is 12.5 Å². The van der Waals surface area contributed by atoms with E-state index < -0.39 is 5.97 Å². The number of carboxylic acid groups (broad SMARTS) is 1. The molecule has 0 bridgehead atoms. The Morgan fingerprint density at radius 2 is 1.76 bits per heavy atom. The molecule has 0 fully saturated rings. The summed E-state index contributed by atoms with van der Waals surface area (Å²) in [4.78, 5) is 9.85. The molecule has 0 aliphatic heterocycles. The van der Waals surface area contributed by atoms with Gasteiger partial charge in [0.2, 0.25) is 0 Å². The fourth-order valence-corrected chi connectivity index (χ4v) is 1.49. The number of unbranched alkanes of at least 4 members (excludes halogenated alkanes) is 3. The van der Waals surface area contributed by atoms with Gasteiger partial charge in [-0.2, -0.15) is 0 Å². The number of hydrogen-bond donors (Lipinski definition) is 1. The van der Waals surface area contributed by atoms with Crippen LogP contribution in [0.3, 0.4) is 0 Å². The Morgan fingerprint density at radius 3 is 2.00 bits per heavy atom. The normalized spacial score (nSPS) is 12.6. The molecule has 1 N–H and O–H groups in total. The first kappa shape index (κ1) is 18.7. The Kier molecular flexibility index (Phi) is 11.6. The molecule has 0 saturated carbocycles. The van der Waals surface area contributed by atoms with Crippen molar-refractivity contribution >= 4 is 5.97 Å². The second kappa shape index (κ2) is 10.5. The minimum Gasteiger partial charge on any atom is -0.550 e. The van der Waals surface area contributed by atoms with Crippen molar-refractivity contribution in [2.24, 2.45) is 0 Å². The lowest BCUT2D eigenvalue weighted by atomic mass is 10.2. The predicted molar refractivity (Wildman–Crippen MR) is 68.3 cm³/mol. The molecule has 0 aromatic carbocycles. The molecular weight excluding hydrogens is 218 g/mol. The average molecular weight is 247 g/mol. The van der Waals surface area contributed by atoms with Gasteiger partial charge in [-0.1, -0.05) is 26.2 Å². The molecule has 104 valence electrons. The highest BCUT2D eigenvalue weighted by atomic mass is 16.4. The predicted octanol–water partition coefficient (Wildman–Crippen LogP) is 0.780. The highest BCUT2D eigenvalue weighted by Crippen LogP contribution is 2.00. The molecule has 0 heterocycles. The van der Waals surface area contributed by atoms with Crippen LogP contribution in [0.15, 0.2) is 0 Å². The first-order chi connectivity index (χ1) is 7.69. The summed E-state index contributed by atoms with van der Waals surface area (Å²) in [6.45, 7) is 4.72.